The number of likely N-dealkylation sites (tertiary alicyclic amines) is 1. The highest BCUT2D eigenvalue weighted by atomic mass is 32.2. The lowest BCUT2D eigenvalue weighted by Crippen LogP contribution is -2.51. The van der Waals surface area contributed by atoms with Crippen molar-refractivity contribution in [1.82, 2.24) is 34.3 Å². The number of anilines is 3. The third-order valence-corrected chi connectivity index (χ3v) is 15.0. The number of aryl methyl sites for hydroxylation is 1. The van der Waals surface area contributed by atoms with Crippen LogP contribution in [0.2, 0.25) is 0 Å². The molecule has 4 aliphatic rings. The summed E-state index contributed by atoms with van der Waals surface area (Å²) in [4.78, 5) is 52.2. The SMILES string of the molecule is CCN(C)S(=O)(=O)Nc1ccc(F)c(Oc2ccc3ncc([C@H]4COC5(CCN(C(=O)CC6(O)CCN(c7cc8c(cc7F)c(N7CCC(=O)NC7=O)nn8C)CC6)CC5)C4)nc3c2)c1C#N. The number of piperidine rings is 2. The molecule has 3 N–H and O–H groups in total. The van der Waals surface area contributed by atoms with Gasteiger partial charge in [0, 0.05) is 83.4 Å². The summed E-state index contributed by atoms with van der Waals surface area (Å²) >= 11 is 0. The predicted octanol–water partition coefficient (Wildman–Crippen LogP) is 4.80. The number of carbonyl (C=O) groups excluding carboxylic acids is 3. The molecular formula is C45H49F2N11O8S. The molecule has 0 radical (unpaired) electrons. The number of carbonyl (C=O) groups is 3. The lowest BCUT2D eigenvalue weighted by Gasteiger charge is -2.42. The number of urea groups is 1. The Morgan fingerprint density at radius 3 is 2.54 bits per heavy atom. The molecule has 0 unspecified atom stereocenters. The Morgan fingerprint density at radius 2 is 1.82 bits per heavy atom. The number of fused-ring (bicyclic) bond motifs is 2. The Bertz CT molecular complexity index is 2970. The Morgan fingerprint density at radius 1 is 1.06 bits per heavy atom. The second-order valence-electron chi connectivity index (χ2n) is 17.7. The quantitative estimate of drug-likeness (QED) is 0.162. The summed E-state index contributed by atoms with van der Waals surface area (Å²) in [6.45, 7) is 3.87. The number of rotatable bonds is 11. The lowest BCUT2D eigenvalue weighted by molar-refractivity contribution is -0.142. The molecule has 5 aromatic rings. The fourth-order valence-electron chi connectivity index (χ4n) is 9.36. The van der Waals surface area contributed by atoms with Crippen molar-refractivity contribution in [1.29, 1.82) is 5.26 Å². The summed E-state index contributed by atoms with van der Waals surface area (Å²) < 4.78 is 73.4. The molecule has 4 fully saturated rings. The van der Waals surface area contributed by atoms with Gasteiger partial charge < -0.3 is 24.4 Å². The van der Waals surface area contributed by atoms with Crippen LogP contribution < -0.4 is 24.6 Å². The van der Waals surface area contributed by atoms with E-state index in [0.29, 0.717) is 85.4 Å². The summed E-state index contributed by atoms with van der Waals surface area (Å²) in [5.74, 6) is -2.04. The number of nitriles is 1. The van der Waals surface area contributed by atoms with Gasteiger partial charge in [0.05, 0.1) is 57.8 Å². The Labute approximate surface area is 384 Å². The first-order valence-corrected chi connectivity index (χ1v) is 23.5. The average Bonchev–Trinajstić information content (AvgIpc) is 3.86. The number of aliphatic hydroxyl groups is 1. The van der Waals surface area contributed by atoms with Gasteiger partial charge in [0.25, 0.3) is 0 Å². The molecule has 4 aliphatic heterocycles. The molecule has 6 heterocycles. The topological polar surface area (TPSA) is 228 Å². The van der Waals surface area contributed by atoms with Crippen molar-refractivity contribution in [3.05, 3.63) is 71.6 Å². The van der Waals surface area contributed by atoms with E-state index in [1.54, 1.807) is 54.0 Å². The third kappa shape index (κ3) is 8.91. The van der Waals surface area contributed by atoms with Crippen LogP contribution in [-0.2, 0) is 31.6 Å². The van der Waals surface area contributed by atoms with Crippen LogP contribution in [0.4, 0.5) is 30.8 Å². The van der Waals surface area contributed by atoms with E-state index in [0.717, 1.165) is 16.4 Å². The molecule has 0 aliphatic carbocycles. The Balaban J connectivity index is 0.799. The molecule has 0 bridgehead atoms. The van der Waals surface area contributed by atoms with E-state index < -0.39 is 44.8 Å². The normalized spacial score (nSPS) is 19.6. The molecule has 67 heavy (non-hydrogen) atoms. The van der Waals surface area contributed by atoms with Gasteiger partial charge in [-0.15, -0.1) is 0 Å². The zero-order valence-electron chi connectivity index (χ0n) is 37.1. The van der Waals surface area contributed by atoms with E-state index in [1.165, 1.54) is 18.0 Å². The second kappa shape index (κ2) is 17.6. The molecule has 1 spiro atoms. The fraction of sp³-hybridized carbons (Fsp3) is 0.444. The van der Waals surface area contributed by atoms with E-state index in [1.807, 2.05) is 11.0 Å². The minimum absolute atomic E-state index is 0.0615. The maximum atomic E-state index is 15.7. The van der Waals surface area contributed by atoms with Gasteiger partial charge in [-0.25, -0.2) is 18.6 Å². The van der Waals surface area contributed by atoms with Crippen LogP contribution in [0.25, 0.3) is 21.9 Å². The molecule has 9 rings (SSSR count). The molecule has 19 nitrogen and oxygen atoms in total. The van der Waals surface area contributed by atoms with Gasteiger partial charge in [0.15, 0.2) is 17.4 Å². The van der Waals surface area contributed by atoms with Crippen molar-refractivity contribution < 1.29 is 46.2 Å². The molecular weight excluding hydrogens is 893 g/mol. The summed E-state index contributed by atoms with van der Waals surface area (Å²) in [7, 11) is -0.945. The van der Waals surface area contributed by atoms with Gasteiger partial charge in [0.1, 0.15) is 23.2 Å². The number of nitrogens with one attached hydrogen (secondary N) is 2. The number of ether oxygens (including phenoxy) is 2. The van der Waals surface area contributed by atoms with Gasteiger partial charge in [-0.2, -0.15) is 23.1 Å². The summed E-state index contributed by atoms with van der Waals surface area (Å²) in [6.07, 6.45) is 4.08. The minimum atomic E-state index is -4.01. The van der Waals surface area contributed by atoms with Gasteiger partial charge >= 0.3 is 16.2 Å². The van der Waals surface area contributed by atoms with Gasteiger partial charge in [-0.1, -0.05) is 6.92 Å². The largest absolute Gasteiger partial charge is 0.453 e. The fourth-order valence-corrected chi connectivity index (χ4v) is 10.3. The minimum Gasteiger partial charge on any atom is -0.453 e. The molecule has 1 atom stereocenters. The molecule has 0 saturated carbocycles. The van der Waals surface area contributed by atoms with Crippen LogP contribution in [0.1, 0.15) is 69.0 Å². The van der Waals surface area contributed by atoms with Crippen molar-refractivity contribution in [2.24, 2.45) is 7.05 Å². The number of nitrogens with zero attached hydrogens (tertiary/aromatic N) is 9. The molecule has 352 valence electrons. The van der Waals surface area contributed by atoms with Crippen molar-refractivity contribution in [2.75, 3.05) is 67.4 Å². The maximum Gasteiger partial charge on any atom is 0.329 e. The highest BCUT2D eigenvalue weighted by molar-refractivity contribution is 7.90. The van der Waals surface area contributed by atoms with E-state index in [9.17, 15) is 33.2 Å². The Hall–Kier alpha value is -6.54. The first-order valence-electron chi connectivity index (χ1n) is 22.1. The molecule has 22 heteroatoms. The molecule has 4 saturated heterocycles. The number of imide groups is 1. The highest BCUT2D eigenvalue weighted by Crippen LogP contribution is 2.44. The summed E-state index contributed by atoms with van der Waals surface area (Å²) in [5.41, 5.74) is 0.407. The molecule has 3 aromatic carbocycles. The summed E-state index contributed by atoms with van der Waals surface area (Å²) in [5, 5.41) is 28.7. The summed E-state index contributed by atoms with van der Waals surface area (Å²) in [6, 6.07) is 11.2. The van der Waals surface area contributed by atoms with Crippen LogP contribution in [-0.4, -0.2) is 124 Å². The van der Waals surface area contributed by atoms with E-state index >= 15 is 8.78 Å². The zero-order chi connectivity index (χ0) is 47.4. The van der Waals surface area contributed by atoms with Crippen molar-refractivity contribution in [3.63, 3.8) is 0 Å². The number of aromatic nitrogens is 4. The standard InChI is InChI=1S/C45H49F2N11O8S/c1-4-54(2)67(63,64)53-33-8-6-31(46)41(30(33)24-48)66-28-5-7-34-35(19-28)50-36(25-49-34)27-22-45(65-26-27)12-17-57(18-13-45)40(60)23-44(62)10-15-56(16-11-44)38-21-37-29(20-32(38)47)42(52-55(37)3)58-14-9-39(59)51-43(58)61/h5-8,19-21,25,27,53,62H,4,9-18,22-23,26H2,1-3H3,(H,51,59,61)/t27-/m1/s1. The van der Waals surface area contributed by atoms with Gasteiger partial charge in [-0.3, -0.25) is 34.2 Å². The highest BCUT2D eigenvalue weighted by Gasteiger charge is 2.45. The maximum absolute atomic E-state index is 15.7. The van der Waals surface area contributed by atoms with Gasteiger partial charge in [0.2, 0.25) is 11.8 Å². The van der Waals surface area contributed by atoms with Crippen LogP contribution in [0.3, 0.4) is 0 Å². The van der Waals surface area contributed by atoms with Crippen LogP contribution in [0.5, 0.6) is 11.5 Å². The molecule has 2 aromatic heterocycles. The van der Waals surface area contributed by atoms with Gasteiger partial charge in [-0.05, 0) is 68.5 Å². The first-order chi connectivity index (χ1) is 32.0. The number of hydrogen-bond donors (Lipinski definition) is 3. The van der Waals surface area contributed by atoms with Crippen LogP contribution in [0, 0.1) is 23.0 Å². The van der Waals surface area contributed by atoms with Crippen molar-refractivity contribution >= 4 is 67.2 Å². The Kier molecular flexibility index (Phi) is 12.0. The third-order valence-electron chi connectivity index (χ3n) is 13.4. The zero-order valence-corrected chi connectivity index (χ0v) is 37.9. The van der Waals surface area contributed by atoms with E-state index in [2.05, 4.69) is 20.1 Å². The first kappa shape index (κ1) is 45.6. The second-order valence-corrected chi connectivity index (χ2v) is 19.4. The van der Waals surface area contributed by atoms with Crippen molar-refractivity contribution in [3.8, 4) is 17.6 Å². The smallest absolute Gasteiger partial charge is 0.329 e. The molecule has 4 amide bonds. The predicted molar refractivity (Wildman–Crippen MR) is 241 cm³/mol. The number of amides is 4. The lowest BCUT2D eigenvalue weighted by atomic mass is 9.83. The average molecular weight is 942 g/mol. The number of hydrogen-bond acceptors (Lipinski definition) is 13. The monoisotopic (exact) mass is 941 g/mol. The van der Waals surface area contributed by atoms with Crippen molar-refractivity contribution in [2.45, 2.75) is 69.0 Å². The number of halogens is 2. The number of benzene rings is 3. The van der Waals surface area contributed by atoms with Crippen LogP contribution >= 0.6 is 0 Å². The van der Waals surface area contributed by atoms with E-state index in [4.69, 9.17) is 14.5 Å². The van der Waals surface area contributed by atoms with Crippen LogP contribution in [0.15, 0.2) is 48.7 Å². The van der Waals surface area contributed by atoms with E-state index in [-0.39, 0.29) is 79.3 Å².